The van der Waals surface area contributed by atoms with Crippen LogP contribution in [0.5, 0.6) is 0 Å². The highest BCUT2D eigenvalue weighted by Gasteiger charge is 2.36. The molecule has 1 aromatic carbocycles. The first-order chi connectivity index (χ1) is 7.72. The standard InChI is InChI=1S/C14H19ClO/c1-2-3-13(16)14(10-4-5-10)11-6-8-12(15)9-7-11/h6-10,13-14,16H,2-5H2,1H3. The number of halogens is 1. The lowest BCUT2D eigenvalue weighted by atomic mass is 9.87. The molecule has 1 fully saturated rings. The lowest BCUT2D eigenvalue weighted by molar-refractivity contribution is 0.123. The van der Waals surface area contributed by atoms with E-state index in [-0.39, 0.29) is 6.10 Å². The van der Waals surface area contributed by atoms with Gasteiger partial charge in [0.25, 0.3) is 0 Å². The van der Waals surface area contributed by atoms with Crippen molar-refractivity contribution >= 4 is 11.6 Å². The van der Waals surface area contributed by atoms with Crippen LogP contribution in [0.4, 0.5) is 0 Å². The molecule has 2 heteroatoms. The predicted octanol–water partition coefficient (Wildman–Crippen LogP) is 3.99. The Hall–Kier alpha value is -0.530. The second-order valence-electron chi connectivity index (χ2n) is 4.77. The minimum absolute atomic E-state index is 0.196. The Morgan fingerprint density at radius 3 is 2.44 bits per heavy atom. The van der Waals surface area contributed by atoms with Crippen LogP contribution in [-0.2, 0) is 0 Å². The van der Waals surface area contributed by atoms with Gasteiger partial charge >= 0.3 is 0 Å². The number of aliphatic hydroxyl groups excluding tert-OH is 1. The molecule has 0 aromatic heterocycles. The average molecular weight is 239 g/mol. The number of aliphatic hydroxyl groups is 1. The first kappa shape index (κ1) is 11.9. The fourth-order valence-corrected chi connectivity index (χ4v) is 2.55. The van der Waals surface area contributed by atoms with Crippen LogP contribution >= 0.6 is 11.6 Å². The molecule has 88 valence electrons. The van der Waals surface area contributed by atoms with Crippen LogP contribution in [0.15, 0.2) is 24.3 Å². The summed E-state index contributed by atoms with van der Waals surface area (Å²) < 4.78 is 0. The Labute approximate surface area is 102 Å². The van der Waals surface area contributed by atoms with E-state index in [4.69, 9.17) is 11.6 Å². The van der Waals surface area contributed by atoms with Crippen LogP contribution in [0.3, 0.4) is 0 Å². The molecule has 1 nitrogen and oxygen atoms in total. The highest BCUT2D eigenvalue weighted by molar-refractivity contribution is 6.30. The molecular weight excluding hydrogens is 220 g/mol. The van der Waals surface area contributed by atoms with Gasteiger partial charge in [0.05, 0.1) is 6.10 Å². The van der Waals surface area contributed by atoms with E-state index in [1.165, 1.54) is 18.4 Å². The maximum Gasteiger partial charge on any atom is 0.0611 e. The molecule has 0 radical (unpaired) electrons. The van der Waals surface area contributed by atoms with Crippen molar-refractivity contribution in [3.8, 4) is 0 Å². The van der Waals surface area contributed by atoms with Gasteiger partial charge in [0.15, 0.2) is 0 Å². The summed E-state index contributed by atoms with van der Waals surface area (Å²) in [5.41, 5.74) is 1.24. The highest BCUT2D eigenvalue weighted by atomic mass is 35.5. The lowest BCUT2D eigenvalue weighted by Crippen LogP contribution is -2.20. The van der Waals surface area contributed by atoms with Gasteiger partial charge in [-0.15, -0.1) is 0 Å². The van der Waals surface area contributed by atoms with Gasteiger partial charge in [-0.2, -0.15) is 0 Å². The molecule has 2 rings (SSSR count). The van der Waals surface area contributed by atoms with Gasteiger partial charge in [0, 0.05) is 10.9 Å². The third-order valence-corrected chi connectivity index (χ3v) is 3.64. The molecule has 0 saturated heterocycles. The minimum Gasteiger partial charge on any atom is -0.392 e. The van der Waals surface area contributed by atoms with Crippen molar-refractivity contribution < 1.29 is 5.11 Å². The molecule has 1 aliphatic rings. The quantitative estimate of drug-likeness (QED) is 0.822. The molecule has 16 heavy (non-hydrogen) atoms. The van der Waals surface area contributed by atoms with Crippen LogP contribution in [0.25, 0.3) is 0 Å². The maximum atomic E-state index is 10.2. The predicted molar refractivity (Wildman–Crippen MR) is 67.8 cm³/mol. The van der Waals surface area contributed by atoms with E-state index in [1.807, 2.05) is 12.1 Å². The number of hydrogen-bond donors (Lipinski definition) is 1. The van der Waals surface area contributed by atoms with E-state index in [2.05, 4.69) is 19.1 Å². The molecule has 0 bridgehead atoms. The van der Waals surface area contributed by atoms with Gasteiger partial charge in [0.1, 0.15) is 0 Å². The van der Waals surface area contributed by atoms with Gasteiger partial charge in [0.2, 0.25) is 0 Å². The molecule has 1 aromatic rings. The molecule has 1 N–H and O–H groups in total. The zero-order chi connectivity index (χ0) is 11.5. The van der Waals surface area contributed by atoms with Crippen LogP contribution < -0.4 is 0 Å². The van der Waals surface area contributed by atoms with E-state index < -0.39 is 0 Å². The first-order valence-electron chi connectivity index (χ1n) is 6.16. The molecule has 0 aliphatic heterocycles. The summed E-state index contributed by atoms with van der Waals surface area (Å²) in [5.74, 6) is 1.000. The van der Waals surface area contributed by atoms with Crippen molar-refractivity contribution in [2.45, 2.75) is 44.6 Å². The monoisotopic (exact) mass is 238 g/mol. The Bertz CT molecular complexity index is 329. The van der Waals surface area contributed by atoms with Gasteiger partial charge in [-0.3, -0.25) is 0 Å². The number of hydrogen-bond acceptors (Lipinski definition) is 1. The van der Waals surface area contributed by atoms with E-state index in [0.717, 1.165) is 17.9 Å². The van der Waals surface area contributed by atoms with Crippen molar-refractivity contribution in [2.24, 2.45) is 5.92 Å². The van der Waals surface area contributed by atoms with Gasteiger partial charge in [-0.05, 0) is 42.9 Å². The van der Waals surface area contributed by atoms with Crippen LogP contribution in [0.1, 0.15) is 44.1 Å². The van der Waals surface area contributed by atoms with Crippen molar-refractivity contribution in [3.05, 3.63) is 34.9 Å². The molecule has 1 aliphatic carbocycles. The van der Waals surface area contributed by atoms with Crippen LogP contribution in [0.2, 0.25) is 5.02 Å². The summed E-state index contributed by atoms with van der Waals surface area (Å²) in [6.45, 7) is 2.12. The zero-order valence-electron chi connectivity index (χ0n) is 9.70. The number of rotatable bonds is 5. The van der Waals surface area contributed by atoms with Crippen LogP contribution in [0, 0.1) is 5.92 Å². The average Bonchev–Trinajstić information content (AvgIpc) is 3.06. The summed E-state index contributed by atoms with van der Waals surface area (Å²) in [4.78, 5) is 0. The Morgan fingerprint density at radius 1 is 1.31 bits per heavy atom. The summed E-state index contributed by atoms with van der Waals surface area (Å²) in [6, 6.07) is 7.96. The zero-order valence-corrected chi connectivity index (χ0v) is 10.5. The second-order valence-corrected chi connectivity index (χ2v) is 5.21. The molecular formula is C14H19ClO. The van der Waals surface area contributed by atoms with Crippen LogP contribution in [-0.4, -0.2) is 11.2 Å². The number of benzene rings is 1. The SMILES string of the molecule is CCCC(O)C(c1ccc(Cl)cc1)C1CC1. The van der Waals surface area contributed by atoms with E-state index in [9.17, 15) is 5.11 Å². The van der Waals surface area contributed by atoms with E-state index in [0.29, 0.717) is 11.8 Å². The molecule has 2 atom stereocenters. The second kappa shape index (κ2) is 5.20. The van der Waals surface area contributed by atoms with Crippen molar-refractivity contribution in [3.63, 3.8) is 0 Å². The topological polar surface area (TPSA) is 20.2 Å². The lowest BCUT2D eigenvalue weighted by Gasteiger charge is -2.23. The highest BCUT2D eigenvalue weighted by Crippen LogP contribution is 2.45. The normalized spacial score (nSPS) is 19.4. The summed E-state index contributed by atoms with van der Waals surface area (Å²) in [7, 11) is 0. The van der Waals surface area contributed by atoms with Gasteiger partial charge in [-0.1, -0.05) is 37.1 Å². The Balaban J connectivity index is 2.15. The summed E-state index contributed by atoms with van der Waals surface area (Å²) in [5, 5.41) is 11.0. The minimum atomic E-state index is -0.196. The van der Waals surface area contributed by atoms with Gasteiger partial charge < -0.3 is 5.11 Å². The summed E-state index contributed by atoms with van der Waals surface area (Å²) >= 11 is 5.89. The third-order valence-electron chi connectivity index (χ3n) is 3.38. The summed E-state index contributed by atoms with van der Waals surface area (Å²) in [6.07, 6.45) is 4.25. The molecule has 0 amide bonds. The van der Waals surface area contributed by atoms with E-state index in [1.54, 1.807) is 0 Å². The molecule has 0 heterocycles. The largest absolute Gasteiger partial charge is 0.392 e. The smallest absolute Gasteiger partial charge is 0.0611 e. The van der Waals surface area contributed by atoms with Crippen molar-refractivity contribution in [1.29, 1.82) is 0 Å². The molecule has 1 saturated carbocycles. The Morgan fingerprint density at radius 2 is 1.94 bits per heavy atom. The van der Waals surface area contributed by atoms with Crippen molar-refractivity contribution in [1.82, 2.24) is 0 Å². The first-order valence-corrected chi connectivity index (χ1v) is 6.53. The third kappa shape index (κ3) is 2.78. The molecule has 2 unspecified atom stereocenters. The van der Waals surface area contributed by atoms with Gasteiger partial charge in [-0.25, -0.2) is 0 Å². The molecule has 0 spiro atoms. The maximum absolute atomic E-state index is 10.2. The van der Waals surface area contributed by atoms with E-state index >= 15 is 0 Å². The fraction of sp³-hybridized carbons (Fsp3) is 0.571. The Kier molecular flexibility index (Phi) is 3.88. The van der Waals surface area contributed by atoms with Crippen molar-refractivity contribution in [2.75, 3.05) is 0 Å². The fourth-order valence-electron chi connectivity index (χ4n) is 2.42.